The lowest BCUT2D eigenvalue weighted by atomic mass is 10.1. The lowest BCUT2D eigenvalue weighted by Crippen LogP contribution is -2.46. The molecule has 2 aromatic rings. The van der Waals surface area contributed by atoms with Gasteiger partial charge in [-0.25, -0.2) is 9.37 Å². The van der Waals surface area contributed by atoms with Gasteiger partial charge in [0.15, 0.2) is 10.9 Å². The first kappa shape index (κ1) is 18.5. The van der Waals surface area contributed by atoms with Crippen molar-refractivity contribution in [1.29, 1.82) is 0 Å². The highest BCUT2D eigenvalue weighted by molar-refractivity contribution is 7.13. The Balaban J connectivity index is 1.56. The molecule has 0 radical (unpaired) electrons. The summed E-state index contributed by atoms with van der Waals surface area (Å²) in [6.07, 6.45) is 0. The SMILES string of the molecule is CC(=O)Nc1nc(CN2CCN(c3ccc(C(C)=O)cc3F)CC2)cs1. The highest BCUT2D eigenvalue weighted by Crippen LogP contribution is 2.23. The van der Waals surface area contributed by atoms with Crippen molar-refractivity contribution in [3.63, 3.8) is 0 Å². The molecule has 1 fully saturated rings. The molecule has 8 heteroatoms. The summed E-state index contributed by atoms with van der Waals surface area (Å²) in [6.45, 7) is 6.60. The lowest BCUT2D eigenvalue weighted by Gasteiger charge is -2.36. The topological polar surface area (TPSA) is 65.5 Å². The summed E-state index contributed by atoms with van der Waals surface area (Å²) >= 11 is 1.41. The molecule has 0 spiro atoms. The summed E-state index contributed by atoms with van der Waals surface area (Å²) in [5.74, 6) is -0.620. The summed E-state index contributed by atoms with van der Waals surface area (Å²) in [5.41, 5.74) is 1.85. The Bertz CT molecular complexity index is 815. The van der Waals surface area contributed by atoms with Crippen molar-refractivity contribution in [2.75, 3.05) is 36.4 Å². The minimum Gasteiger partial charge on any atom is -0.367 e. The number of carbonyl (C=O) groups excluding carboxylic acids is 2. The summed E-state index contributed by atoms with van der Waals surface area (Å²) in [4.78, 5) is 31.1. The number of benzene rings is 1. The zero-order valence-corrected chi connectivity index (χ0v) is 15.6. The van der Waals surface area contributed by atoms with Gasteiger partial charge in [0.05, 0.1) is 11.4 Å². The van der Waals surface area contributed by atoms with E-state index in [0.29, 0.717) is 36.0 Å². The van der Waals surface area contributed by atoms with Gasteiger partial charge in [0.2, 0.25) is 5.91 Å². The average molecular weight is 376 g/mol. The largest absolute Gasteiger partial charge is 0.367 e. The number of Topliss-reactive ketones (excluding diaryl/α,β-unsaturated/α-hetero) is 1. The maximum atomic E-state index is 14.3. The number of ketones is 1. The van der Waals surface area contributed by atoms with E-state index in [1.807, 2.05) is 10.3 Å². The van der Waals surface area contributed by atoms with Gasteiger partial charge in [0.25, 0.3) is 0 Å². The number of halogens is 1. The van der Waals surface area contributed by atoms with Gasteiger partial charge in [-0.2, -0.15) is 0 Å². The minimum absolute atomic E-state index is 0.127. The van der Waals surface area contributed by atoms with Crippen molar-refractivity contribution < 1.29 is 14.0 Å². The van der Waals surface area contributed by atoms with Crippen LogP contribution in [0.15, 0.2) is 23.6 Å². The van der Waals surface area contributed by atoms with Crippen LogP contribution in [0.1, 0.15) is 29.9 Å². The fourth-order valence-corrected chi connectivity index (χ4v) is 3.69. The highest BCUT2D eigenvalue weighted by Gasteiger charge is 2.21. The van der Waals surface area contributed by atoms with Crippen molar-refractivity contribution in [1.82, 2.24) is 9.88 Å². The van der Waals surface area contributed by atoms with Crippen molar-refractivity contribution in [3.05, 3.63) is 40.7 Å². The van der Waals surface area contributed by atoms with Gasteiger partial charge < -0.3 is 10.2 Å². The fraction of sp³-hybridized carbons (Fsp3) is 0.389. The van der Waals surface area contributed by atoms with E-state index in [1.165, 1.54) is 31.3 Å². The molecule has 0 atom stereocenters. The molecular formula is C18H21FN4O2S. The molecule has 0 saturated carbocycles. The first-order valence-electron chi connectivity index (χ1n) is 8.42. The van der Waals surface area contributed by atoms with Gasteiger partial charge in [0, 0.05) is 50.6 Å². The first-order valence-corrected chi connectivity index (χ1v) is 9.30. The monoisotopic (exact) mass is 376 g/mol. The molecule has 0 unspecified atom stereocenters. The quantitative estimate of drug-likeness (QED) is 0.813. The average Bonchev–Trinajstić information content (AvgIpc) is 3.01. The lowest BCUT2D eigenvalue weighted by molar-refractivity contribution is -0.114. The van der Waals surface area contributed by atoms with E-state index >= 15 is 0 Å². The summed E-state index contributed by atoms with van der Waals surface area (Å²) in [5, 5.41) is 5.24. The Morgan fingerprint density at radius 3 is 2.58 bits per heavy atom. The number of hydrogen-bond acceptors (Lipinski definition) is 6. The van der Waals surface area contributed by atoms with E-state index in [2.05, 4.69) is 15.2 Å². The second kappa shape index (κ2) is 7.92. The summed E-state index contributed by atoms with van der Waals surface area (Å²) in [6, 6.07) is 4.66. The van der Waals surface area contributed by atoms with Crippen LogP contribution in [-0.4, -0.2) is 47.8 Å². The molecule has 138 valence electrons. The predicted octanol–water partition coefficient (Wildman–Crippen LogP) is 2.77. The molecular weight excluding hydrogens is 355 g/mol. The molecule has 0 aliphatic carbocycles. The van der Waals surface area contributed by atoms with Crippen LogP contribution >= 0.6 is 11.3 Å². The maximum Gasteiger partial charge on any atom is 0.223 e. The fourth-order valence-electron chi connectivity index (χ4n) is 2.95. The summed E-state index contributed by atoms with van der Waals surface area (Å²) in [7, 11) is 0. The molecule has 1 aromatic heterocycles. The van der Waals surface area contributed by atoms with Gasteiger partial charge >= 0.3 is 0 Å². The van der Waals surface area contributed by atoms with Gasteiger partial charge in [-0.3, -0.25) is 14.5 Å². The van der Waals surface area contributed by atoms with Gasteiger partial charge in [0.1, 0.15) is 5.82 Å². The number of nitrogens with zero attached hydrogens (tertiary/aromatic N) is 3. The van der Waals surface area contributed by atoms with Crippen LogP contribution < -0.4 is 10.2 Å². The molecule has 1 amide bonds. The second-order valence-corrected chi connectivity index (χ2v) is 7.17. The Kier molecular flexibility index (Phi) is 5.63. The van der Waals surface area contributed by atoms with Crippen molar-refractivity contribution >= 4 is 33.8 Å². The molecule has 3 rings (SSSR count). The van der Waals surface area contributed by atoms with Crippen LogP contribution in [-0.2, 0) is 11.3 Å². The van der Waals surface area contributed by atoms with E-state index in [0.717, 1.165) is 18.8 Å². The van der Waals surface area contributed by atoms with Crippen LogP contribution in [0.5, 0.6) is 0 Å². The van der Waals surface area contributed by atoms with E-state index in [4.69, 9.17) is 0 Å². The van der Waals surface area contributed by atoms with Crippen LogP contribution in [0.2, 0.25) is 0 Å². The zero-order valence-electron chi connectivity index (χ0n) is 14.8. The van der Waals surface area contributed by atoms with Crippen LogP contribution in [0.3, 0.4) is 0 Å². The summed E-state index contributed by atoms with van der Waals surface area (Å²) < 4.78 is 14.3. The van der Waals surface area contributed by atoms with E-state index in [9.17, 15) is 14.0 Å². The standard InChI is InChI=1S/C18H21FN4O2S/c1-12(24)14-3-4-17(16(19)9-14)23-7-5-22(6-8-23)10-15-11-26-18(21-15)20-13(2)25/h3-4,9,11H,5-8,10H2,1-2H3,(H,20,21,25). The number of anilines is 2. The molecule has 1 aliphatic rings. The smallest absolute Gasteiger partial charge is 0.223 e. The zero-order chi connectivity index (χ0) is 18.7. The van der Waals surface area contributed by atoms with Gasteiger partial charge in [-0.15, -0.1) is 11.3 Å². The number of carbonyl (C=O) groups is 2. The maximum absolute atomic E-state index is 14.3. The van der Waals surface area contributed by atoms with E-state index in [1.54, 1.807) is 12.1 Å². The number of nitrogens with one attached hydrogen (secondary N) is 1. The molecule has 1 N–H and O–H groups in total. The molecule has 2 heterocycles. The number of thiazole rings is 1. The predicted molar refractivity (Wildman–Crippen MR) is 100 cm³/mol. The molecule has 6 nitrogen and oxygen atoms in total. The Labute approximate surface area is 155 Å². The van der Waals surface area contributed by atoms with Crippen molar-refractivity contribution in [2.45, 2.75) is 20.4 Å². The van der Waals surface area contributed by atoms with E-state index < -0.39 is 0 Å². The van der Waals surface area contributed by atoms with E-state index in [-0.39, 0.29) is 17.5 Å². The first-order chi connectivity index (χ1) is 12.4. The third kappa shape index (κ3) is 4.44. The Morgan fingerprint density at radius 1 is 1.23 bits per heavy atom. The number of aromatic nitrogens is 1. The third-order valence-corrected chi connectivity index (χ3v) is 5.09. The number of piperazine rings is 1. The minimum atomic E-state index is -0.356. The molecule has 1 aliphatic heterocycles. The van der Waals surface area contributed by atoms with Crippen molar-refractivity contribution in [3.8, 4) is 0 Å². The Hall–Kier alpha value is -2.32. The Morgan fingerprint density at radius 2 is 1.96 bits per heavy atom. The highest BCUT2D eigenvalue weighted by atomic mass is 32.1. The van der Waals surface area contributed by atoms with Gasteiger partial charge in [-0.1, -0.05) is 0 Å². The molecule has 1 saturated heterocycles. The molecule has 0 bridgehead atoms. The number of amides is 1. The second-order valence-electron chi connectivity index (χ2n) is 6.31. The normalized spacial score (nSPS) is 15.1. The number of hydrogen-bond donors (Lipinski definition) is 1. The molecule has 26 heavy (non-hydrogen) atoms. The van der Waals surface area contributed by atoms with Crippen LogP contribution in [0.25, 0.3) is 0 Å². The third-order valence-electron chi connectivity index (χ3n) is 4.29. The van der Waals surface area contributed by atoms with Crippen molar-refractivity contribution in [2.24, 2.45) is 0 Å². The van der Waals surface area contributed by atoms with Crippen LogP contribution in [0.4, 0.5) is 15.2 Å². The molecule has 1 aromatic carbocycles. The van der Waals surface area contributed by atoms with Gasteiger partial charge in [-0.05, 0) is 25.1 Å². The van der Waals surface area contributed by atoms with Crippen LogP contribution in [0, 0.1) is 5.82 Å². The number of rotatable bonds is 5.